The number of anilines is 2. The highest BCUT2D eigenvalue weighted by Gasteiger charge is 2.03. The molecule has 0 atom stereocenters. The van der Waals surface area contributed by atoms with Crippen molar-refractivity contribution in [3.63, 3.8) is 0 Å². The lowest BCUT2D eigenvalue weighted by Gasteiger charge is -2.03. The Morgan fingerprint density at radius 1 is 1.05 bits per heavy atom. The Kier molecular flexibility index (Phi) is 4.41. The van der Waals surface area contributed by atoms with E-state index >= 15 is 0 Å². The molecule has 3 rings (SSSR count). The molecule has 6 heteroatoms. The molecule has 2 aromatic heterocycles. The Bertz CT molecular complexity index is 709. The smallest absolute Gasteiger partial charge is 0.227 e. The maximum Gasteiger partial charge on any atom is 0.227 e. The SMILES string of the molecule is COCCn1cc(Nc2ncc(-c3ccccc3)cn2)cn1. The summed E-state index contributed by atoms with van der Waals surface area (Å²) in [7, 11) is 1.67. The molecule has 0 spiro atoms. The standard InChI is InChI=1S/C16H17N5O/c1-22-8-7-21-12-15(11-19-21)20-16-17-9-14(10-18-16)13-5-3-2-4-6-13/h2-6,9-12H,7-8H2,1H3,(H,17,18,20). The van der Waals surface area contributed by atoms with E-state index in [0.717, 1.165) is 16.8 Å². The van der Waals surface area contributed by atoms with Crippen LogP contribution in [0, 0.1) is 0 Å². The molecule has 1 N–H and O–H groups in total. The van der Waals surface area contributed by atoms with Crippen LogP contribution in [-0.2, 0) is 11.3 Å². The molecule has 0 aliphatic rings. The average molecular weight is 295 g/mol. The Morgan fingerprint density at radius 2 is 1.82 bits per heavy atom. The van der Waals surface area contributed by atoms with Gasteiger partial charge in [-0.15, -0.1) is 0 Å². The zero-order valence-corrected chi connectivity index (χ0v) is 12.3. The normalized spacial score (nSPS) is 10.6. The Morgan fingerprint density at radius 3 is 2.55 bits per heavy atom. The van der Waals surface area contributed by atoms with Crippen molar-refractivity contribution < 1.29 is 4.74 Å². The van der Waals surface area contributed by atoms with E-state index in [0.29, 0.717) is 19.1 Å². The topological polar surface area (TPSA) is 64.9 Å². The maximum absolute atomic E-state index is 5.02. The van der Waals surface area contributed by atoms with Crippen LogP contribution in [0.3, 0.4) is 0 Å². The van der Waals surface area contributed by atoms with Crippen LogP contribution in [-0.4, -0.2) is 33.5 Å². The summed E-state index contributed by atoms with van der Waals surface area (Å²) in [4.78, 5) is 8.68. The fourth-order valence-corrected chi connectivity index (χ4v) is 2.04. The van der Waals surface area contributed by atoms with Gasteiger partial charge in [-0.3, -0.25) is 4.68 Å². The van der Waals surface area contributed by atoms with Crippen molar-refractivity contribution >= 4 is 11.6 Å². The van der Waals surface area contributed by atoms with Crippen LogP contribution in [0.4, 0.5) is 11.6 Å². The summed E-state index contributed by atoms with van der Waals surface area (Å²) in [6.45, 7) is 1.34. The van der Waals surface area contributed by atoms with Crippen LogP contribution in [0.15, 0.2) is 55.1 Å². The van der Waals surface area contributed by atoms with E-state index in [4.69, 9.17) is 4.74 Å². The minimum absolute atomic E-state index is 0.547. The molecule has 1 aromatic carbocycles. The van der Waals surface area contributed by atoms with Gasteiger partial charge in [-0.1, -0.05) is 30.3 Å². The third-order valence-electron chi connectivity index (χ3n) is 3.17. The summed E-state index contributed by atoms with van der Waals surface area (Å²) in [5.41, 5.74) is 2.94. The fraction of sp³-hybridized carbons (Fsp3) is 0.188. The first kappa shape index (κ1) is 14.2. The Labute approximate surface area is 128 Å². The average Bonchev–Trinajstić information content (AvgIpc) is 3.02. The second-order valence-electron chi connectivity index (χ2n) is 4.77. The van der Waals surface area contributed by atoms with Crippen molar-refractivity contribution in [2.24, 2.45) is 0 Å². The molecular weight excluding hydrogens is 278 g/mol. The lowest BCUT2D eigenvalue weighted by Crippen LogP contribution is -2.04. The molecule has 0 unspecified atom stereocenters. The molecule has 112 valence electrons. The minimum Gasteiger partial charge on any atom is -0.383 e. The first-order valence-corrected chi connectivity index (χ1v) is 7.01. The number of hydrogen-bond acceptors (Lipinski definition) is 5. The number of nitrogens with one attached hydrogen (secondary N) is 1. The highest BCUT2D eigenvalue weighted by molar-refractivity contribution is 5.62. The second kappa shape index (κ2) is 6.82. The van der Waals surface area contributed by atoms with Gasteiger partial charge in [0.25, 0.3) is 0 Å². The molecule has 0 fully saturated rings. The number of benzene rings is 1. The van der Waals surface area contributed by atoms with E-state index in [1.54, 1.807) is 25.7 Å². The molecular formula is C16H17N5O. The van der Waals surface area contributed by atoms with Crippen molar-refractivity contribution in [1.29, 1.82) is 0 Å². The van der Waals surface area contributed by atoms with Crippen molar-refractivity contribution in [2.45, 2.75) is 6.54 Å². The third kappa shape index (κ3) is 3.48. The molecule has 2 heterocycles. The number of methoxy groups -OCH3 is 1. The number of ether oxygens (including phenoxy) is 1. The summed E-state index contributed by atoms with van der Waals surface area (Å²) >= 11 is 0. The van der Waals surface area contributed by atoms with Crippen molar-refractivity contribution in [3.05, 3.63) is 55.1 Å². The van der Waals surface area contributed by atoms with E-state index in [9.17, 15) is 0 Å². The fourth-order valence-electron chi connectivity index (χ4n) is 2.04. The highest BCUT2D eigenvalue weighted by atomic mass is 16.5. The monoisotopic (exact) mass is 295 g/mol. The number of nitrogens with zero attached hydrogens (tertiary/aromatic N) is 4. The molecule has 0 amide bonds. The highest BCUT2D eigenvalue weighted by Crippen LogP contribution is 2.18. The second-order valence-corrected chi connectivity index (χ2v) is 4.77. The molecule has 0 aliphatic carbocycles. The first-order valence-electron chi connectivity index (χ1n) is 7.01. The van der Waals surface area contributed by atoms with Gasteiger partial charge in [-0.25, -0.2) is 9.97 Å². The van der Waals surface area contributed by atoms with E-state index < -0.39 is 0 Å². The largest absolute Gasteiger partial charge is 0.383 e. The van der Waals surface area contributed by atoms with E-state index in [1.807, 2.05) is 41.2 Å². The lowest BCUT2D eigenvalue weighted by molar-refractivity contribution is 0.183. The molecule has 6 nitrogen and oxygen atoms in total. The molecule has 0 saturated carbocycles. The van der Waals surface area contributed by atoms with Gasteiger partial charge < -0.3 is 10.1 Å². The predicted octanol–water partition coefficient (Wildman–Crippen LogP) is 2.73. The van der Waals surface area contributed by atoms with E-state index in [2.05, 4.69) is 20.4 Å². The molecule has 0 aliphatic heterocycles. The zero-order valence-electron chi connectivity index (χ0n) is 12.3. The lowest BCUT2D eigenvalue weighted by atomic mass is 10.1. The van der Waals surface area contributed by atoms with Crippen molar-refractivity contribution in [1.82, 2.24) is 19.7 Å². The van der Waals surface area contributed by atoms with Crippen LogP contribution >= 0.6 is 0 Å². The van der Waals surface area contributed by atoms with E-state index in [-0.39, 0.29) is 0 Å². The number of aromatic nitrogens is 4. The zero-order chi connectivity index (χ0) is 15.2. The predicted molar refractivity (Wildman–Crippen MR) is 84.9 cm³/mol. The minimum atomic E-state index is 0.547. The van der Waals surface area contributed by atoms with Gasteiger partial charge >= 0.3 is 0 Å². The quantitative estimate of drug-likeness (QED) is 0.757. The first-order chi connectivity index (χ1) is 10.8. The van der Waals surface area contributed by atoms with Crippen LogP contribution in [0.5, 0.6) is 0 Å². The van der Waals surface area contributed by atoms with E-state index in [1.165, 1.54) is 0 Å². The van der Waals surface area contributed by atoms with Crippen LogP contribution in [0.1, 0.15) is 0 Å². The molecule has 0 bridgehead atoms. The van der Waals surface area contributed by atoms with Gasteiger partial charge in [0.05, 0.1) is 25.0 Å². The Balaban J connectivity index is 1.67. The molecule has 0 radical (unpaired) electrons. The van der Waals surface area contributed by atoms with Gasteiger partial charge in [-0.2, -0.15) is 5.10 Å². The van der Waals surface area contributed by atoms with Crippen LogP contribution < -0.4 is 5.32 Å². The van der Waals surface area contributed by atoms with Gasteiger partial charge in [-0.05, 0) is 5.56 Å². The van der Waals surface area contributed by atoms with Crippen molar-refractivity contribution in [2.75, 3.05) is 19.0 Å². The summed E-state index contributed by atoms with van der Waals surface area (Å²) in [5.74, 6) is 0.547. The number of rotatable bonds is 6. The summed E-state index contributed by atoms with van der Waals surface area (Å²) < 4.78 is 6.83. The Hall–Kier alpha value is -2.73. The van der Waals surface area contributed by atoms with Crippen molar-refractivity contribution in [3.8, 4) is 11.1 Å². The van der Waals surface area contributed by atoms with Crippen LogP contribution in [0.25, 0.3) is 11.1 Å². The van der Waals surface area contributed by atoms with Gasteiger partial charge in [0, 0.05) is 31.3 Å². The maximum atomic E-state index is 5.02. The van der Waals surface area contributed by atoms with Gasteiger partial charge in [0.1, 0.15) is 0 Å². The molecule has 22 heavy (non-hydrogen) atoms. The summed E-state index contributed by atoms with van der Waals surface area (Å²) in [6, 6.07) is 10.0. The van der Waals surface area contributed by atoms with Gasteiger partial charge in [0.15, 0.2) is 0 Å². The number of hydrogen-bond donors (Lipinski definition) is 1. The molecule has 0 saturated heterocycles. The summed E-state index contributed by atoms with van der Waals surface area (Å²) in [5, 5.41) is 7.37. The summed E-state index contributed by atoms with van der Waals surface area (Å²) in [6.07, 6.45) is 7.25. The van der Waals surface area contributed by atoms with Crippen LogP contribution in [0.2, 0.25) is 0 Å². The third-order valence-corrected chi connectivity index (χ3v) is 3.17. The molecule has 3 aromatic rings. The van der Waals surface area contributed by atoms with Gasteiger partial charge in [0.2, 0.25) is 5.95 Å².